The molecule has 3 N–H and O–H groups in total. The van der Waals surface area contributed by atoms with Crippen LogP contribution in [0.5, 0.6) is 0 Å². The molecule has 0 spiro atoms. The topological polar surface area (TPSA) is 64.3 Å². The molecule has 24 heavy (non-hydrogen) atoms. The smallest absolute Gasteiger partial charge is 0.240 e. The summed E-state index contributed by atoms with van der Waals surface area (Å²) in [6.07, 6.45) is 1.35. The number of amides is 1. The highest BCUT2D eigenvalue weighted by molar-refractivity contribution is 5.86. The van der Waals surface area contributed by atoms with E-state index < -0.39 is 5.54 Å². The third kappa shape index (κ3) is 3.35. The van der Waals surface area contributed by atoms with Crippen LogP contribution < -0.4 is 11.1 Å². The van der Waals surface area contributed by atoms with Crippen LogP contribution in [0.25, 0.3) is 0 Å². The summed E-state index contributed by atoms with van der Waals surface area (Å²) in [5.41, 5.74) is 7.18. The van der Waals surface area contributed by atoms with Crippen molar-refractivity contribution in [1.29, 1.82) is 0 Å². The second-order valence-corrected chi connectivity index (χ2v) is 6.44. The number of benzene rings is 2. The molecule has 126 valence electrons. The number of hydrogen-bond acceptors (Lipinski definition) is 3. The van der Waals surface area contributed by atoms with Crippen LogP contribution in [-0.2, 0) is 16.1 Å². The van der Waals surface area contributed by atoms with Crippen LogP contribution >= 0.6 is 0 Å². The Morgan fingerprint density at radius 3 is 2.38 bits per heavy atom. The summed E-state index contributed by atoms with van der Waals surface area (Å²) >= 11 is 0. The lowest BCUT2D eigenvalue weighted by molar-refractivity contribution is -0.146. The predicted molar refractivity (Wildman–Crippen MR) is 94.2 cm³/mol. The average Bonchev–Trinajstić information content (AvgIpc) is 2.60. The Morgan fingerprint density at radius 1 is 1.21 bits per heavy atom. The lowest BCUT2D eigenvalue weighted by atomic mass is 9.72. The van der Waals surface area contributed by atoms with Crippen LogP contribution in [0.2, 0.25) is 0 Å². The number of nitrogens with two attached hydrogens (primary N) is 1. The maximum Gasteiger partial charge on any atom is 0.240 e. The number of carbonyl (C=O) groups is 1. The summed E-state index contributed by atoms with van der Waals surface area (Å²) < 4.78 is 6.01. The summed E-state index contributed by atoms with van der Waals surface area (Å²) in [6, 6.07) is 20.1. The van der Waals surface area contributed by atoms with Crippen LogP contribution in [0, 0.1) is 0 Å². The quantitative estimate of drug-likeness (QED) is 0.823. The van der Waals surface area contributed by atoms with Gasteiger partial charge in [0.1, 0.15) is 5.54 Å². The number of nitrogens with one attached hydrogen (secondary N) is 1. The van der Waals surface area contributed by atoms with Crippen LogP contribution in [0.3, 0.4) is 0 Å². The summed E-state index contributed by atoms with van der Waals surface area (Å²) in [6.45, 7) is 2.54. The van der Waals surface area contributed by atoms with Crippen molar-refractivity contribution in [2.75, 3.05) is 0 Å². The zero-order chi connectivity index (χ0) is 17.0. The van der Waals surface area contributed by atoms with E-state index in [1.807, 2.05) is 67.6 Å². The van der Waals surface area contributed by atoms with Gasteiger partial charge >= 0.3 is 0 Å². The average molecular weight is 324 g/mol. The standard InChI is InChI=1S/C20H24N2O2/c1-15(17-10-6-3-7-11-17)22-20(19(21)23)13-12-18(20)24-14-16-8-4-2-5-9-16/h2-11,15,18,22H,12-14H2,1H3,(H2,21,23)/t15-,18+,20+/m0/s1. The first-order valence-electron chi connectivity index (χ1n) is 8.40. The van der Waals surface area contributed by atoms with Crippen LogP contribution in [-0.4, -0.2) is 17.6 Å². The van der Waals surface area contributed by atoms with E-state index in [-0.39, 0.29) is 18.1 Å². The maximum absolute atomic E-state index is 12.2. The minimum Gasteiger partial charge on any atom is -0.371 e. The van der Waals surface area contributed by atoms with E-state index in [0.29, 0.717) is 13.0 Å². The molecule has 4 heteroatoms. The van der Waals surface area contributed by atoms with Gasteiger partial charge in [0.15, 0.2) is 0 Å². The number of rotatable bonds is 7. The highest BCUT2D eigenvalue weighted by Gasteiger charge is 2.53. The van der Waals surface area contributed by atoms with E-state index in [1.54, 1.807) is 0 Å². The molecule has 0 unspecified atom stereocenters. The Labute approximate surface area is 143 Å². The molecule has 1 fully saturated rings. The maximum atomic E-state index is 12.2. The molecule has 0 aliphatic heterocycles. The van der Waals surface area contributed by atoms with Crippen molar-refractivity contribution < 1.29 is 9.53 Å². The van der Waals surface area contributed by atoms with Gasteiger partial charge in [-0.15, -0.1) is 0 Å². The largest absolute Gasteiger partial charge is 0.371 e. The summed E-state index contributed by atoms with van der Waals surface area (Å²) in [5, 5.41) is 3.43. The first-order valence-corrected chi connectivity index (χ1v) is 8.40. The molecule has 1 aliphatic carbocycles. The molecule has 3 atom stereocenters. The van der Waals surface area contributed by atoms with E-state index in [4.69, 9.17) is 10.5 Å². The number of ether oxygens (including phenoxy) is 1. The van der Waals surface area contributed by atoms with Gasteiger partial charge in [-0.3, -0.25) is 10.1 Å². The summed E-state index contributed by atoms with van der Waals surface area (Å²) in [4.78, 5) is 12.2. The minimum absolute atomic E-state index is 0.0295. The van der Waals surface area contributed by atoms with Gasteiger partial charge in [0, 0.05) is 6.04 Å². The molecule has 0 bridgehead atoms. The normalized spacial score (nSPS) is 24.1. The summed E-state index contributed by atoms with van der Waals surface area (Å²) in [5.74, 6) is -0.338. The number of carbonyl (C=O) groups excluding carboxylic acids is 1. The monoisotopic (exact) mass is 324 g/mol. The molecule has 0 radical (unpaired) electrons. The molecule has 0 heterocycles. The van der Waals surface area contributed by atoms with E-state index in [1.165, 1.54) is 0 Å². The van der Waals surface area contributed by atoms with Crippen molar-refractivity contribution in [3.05, 3.63) is 71.8 Å². The first-order chi connectivity index (χ1) is 11.6. The van der Waals surface area contributed by atoms with Crippen molar-refractivity contribution in [3.8, 4) is 0 Å². The Hall–Kier alpha value is -2.17. The van der Waals surface area contributed by atoms with Crippen molar-refractivity contribution in [3.63, 3.8) is 0 Å². The molecular formula is C20H24N2O2. The van der Waals surface area contributed by atoms with Crippen molar-refractivity contribution in [1.82, 2.24) is 5.32 Å². The van der Waals surface area contributed by atoms with Crippen molar-refractivity contribution >= 4 is 5.91 Å². The second kappa shape index (κ2) is 7.16. The van der Waals surface area contributed by atoms with Gasteiger partial charge in [0.2, 0.25) is 5.91 Å². The molecule has 3 rings (SSSR count). The molecule has 2 aromatic carbocycles. The zero-order valence-electron chi connectivity index (χ0n) is 13.9. The fraction of sp³-hybridized carbons (Fsp3) is 0.350. The molecule has 0 aromatic heterocycles. The van der Waals surface area contributed by atoms with Gasteiger partial charge in [-0.2, -0.15) is 0 Å². The molecule has 1 amide bonds. The van der Waals surface area contributed by atoms with E-state index in [2.05, 4.69) is 5.32 Å². The van der Waals surface area contributed by atoms with Crippen LogP contribution in [0.4, 0.5) is 0 Å². The fourth-order valence-electron chi connectivity index (χ4n) is 3.28. The van der Waals surface area contributed by atoms with E-state index in [0.717, 1.165) is 17.5 Å². The highest BCUT2D eigenvalue weighted by Crippen LogP contribution is 2.37. The lowest BCUT2D eigenvalue weighted by Gasteiger charge is -2.48. The van der Waals surface area contributed by atoms with Gasteiger partial charge in [-0.05, 0) is 30.9 Å². The van der Waals surface area contributed by atoms with E-state index in [9.17, 15) is 4.79 Å². The predicted octanol–water partition coefficient (Wildman–Crippen LogP) is 2.94. The Bertz CT molecular complexity index is 675. The molecule has 1 saturated carbocycles. The summed E-state index contributed by atoms with van der Waals surface area (Å²) in [7, 11) is 0. The lowest BCUT2D eigenvalue weighted by Crippen LogP contribution is -2.69. The van der Waals surface area contributed by atoms with Crippen molar-refractivity contribution in [2.24, 2.45) is 5.73 Å². The van der Waals surface area contributed by atoms with Gasteiger partial charge in [-0.1, -0.05) is 60.7 Å². The van der Waals surface area contributed by atoms with Gasteiger partial charge < -0.3 is 10.5 Å². The van der Waals surface area contributed by atoms with Gasteiger partial charge in [0.05, 0.1) is 12.7 Å². The Kier molecular flexibility index (Phi) is 4.97. The molecule has 0 saturated heterocycles. The fourth-order valence-corrected chi connectivity index (χ4v) is 3.28. The minimum atomic E-state index is -0.788. The number of hydrogen-bond donors (Lipinski definition) is 2. The van der Waals surface area contributed by atoms with E-state index >= 15 is 0 Å². The SMILES string of the molecule is C[C@H](N[C@]1(C(N)=O)CC[C@H]1OCc1ccccc1)c1ccccc1. The molecule has 2 aromatic rings. The Morgan fingerprint density at radius 2 is 1.83 bits per heavy atom. The van der Waals surface area contributed by atoms with Crippen molar-refractivity contribution in [2.45, 2.75) is 44.1 Å². The third-order valence-corrected chi connectivity index (χ3v) is 4.86. The Balaban J connectivity index is 1.68. The molecule has 4 nitrogen and oxygen atoms in total. The zero-order valence-corrected chi connectivity index (χ0v) is 13.9. The van der Waals surface area contributed by atoms with Gasteiger partial charge in [-0.25, -0.2) is 0 Å². The third-order valence-electron chi connectivity index (χ3n) is 4.86. The molecule has 1 aliphatic rings. The first kappa shape index (κ1) is 16.7. The second-order valence-electron chi connectivity index (χ2n) is 6.44. The van der Waals surface area contributed by atoms with Crippen LogP contribution in [0.1, 0.15) is 36.9 Å². The number of primary amides is 1. The van der Waals surface area contributed by atoms with Gasteiger partial charge in [0.25, 0.3) is 0 Å². The highest BCUT2D eigenvalue weighted by atomic mass is 16.5. The molecular weight excluding hydrogens is 300 g/mol. The van der Waals surface area contributed by atoms with Crippen LogP contribution in [0.15, 0.2) is 60.7 Å².